The lowest BCUT2D eigenvalue weighted by molar-refractivity contribution is 1.07. The molecule has 0 aliphatic rings. The highest BCUT2D eigenvalue weighted by molar-refractivity contribution is 6.02. The Balaban J connectivity index is 3.80. The molecule has 0 bridgehead atoms. The fourth-order valence-corrected chi connectivity index (χ4v) is 0.276. The molecule has 0 amide bonds. The molecule has 0 heterocycles. The zero-order valence-corrected chi connectivity index (χ0v) is 4.94. The minimum Gasteiger partial charge on any atom is -0.312 e. The maximum atomic E-state index is 7.07. The third-order valence-electron chi connectivity index (χ3n) is 0.960. The molecule has 0 aromatic rings. The largest absolute Gasteiger partial charge is 0.312 e. The smallest absolute Gasteiger partial charge is 0.0389 e. The van der Waals surface area contributed by atoms with E-state index < -0.39 is 0 Å². The van der Waals surface area contributed by atoms with Crippen LogP contribution in [0, 0.1) is 16.7 Å². The van der Waals surface area contributed by atoms with Crippen LogP contribution in [0.2, 0.25) is 0 Å². The van der Waals surface area contributed by atoms with Crippen molar-refractivity contribution in [2.45, 2.75) is 6.92 Å². The van der Waals surface area contributed by atoms with Crippen LogP contribution in [0.15, 0.2) is 12.7 Å². The van der Waals surface area contributed by atoms with Gasteiger partial charge in [0.2, 0.25) is 0 Å². The van der Waals surface area contributed by atoms with Crippen molar-refractivity contribution >= 4 is 11.9 Å². The Hall–Kier alpha value is -0.920. The monoisotopic (exact) mass is 110 g/mol. The molecule has 2 heteroatoms. The molecule has 0 aromatic carbocycles. The van der Waals surface area contributed by atoms with E-state index in [9.17, 15) is 0 Å². The van der Waals surface area contributed by atoms with Crippen molar-refractivity contribution < 1.29 is 0 Å². The fraction of sp³-hybridized carbons (Fsp3) is 0.333. The average molecular weight is 110 g/mol. The Bertz CT molecular complexity index is 116. The second-order valence-corrected chi connectivity index (χ2v) is 1.61. The average Bonchev–Trinajstić information content (AvgIpc) is 1.84. The van der Waals surface area contributed by atoms with Crippen LogP contribution < -0.4 is 0 Å². The highest BCUT2D eigenvalue weighted by atomic mass is 14.4. The summed E-state index contributed by atoms with van der Waals surface area (Å²) in [5, 5.41) is 13.8. The van der Waals surface area contributed by atoms with Crippen molar-refractivity contribution in [2.75, 3.05) is 0 Å². The predicted molar refractivity (Wildman–Crippen MR) is 35.9 cm³/mol. The lowest BCUT2D eigenvalue weighted by Crippen LogP contribution is -2.06. The van der Waals surface area contributed by atoms with Gasteiger partial charge in [-0.1, -0.05) is 13.5 Å². The Labute approximate surface area is 49.2 Å². The van der Waals surface area contributed by atoms with E-state index in [0.29, 0.717) is 5.71 Å². The fourth-order valence-electron chi connectivity index (χ4n) is 0.276. The molecule has 8 heavy (non-hydrogen) atoms. The second kappa shape index (κ2) is 3.13. The first-order valence-electron chi connectivity index (χ1n) is 2.43. The summed E-state index contributed by atoms with van der Waals surface area (Å²) in [4.78, 5) is 0. The summed E-state index contributed by atoms with van der Waals surface area (Å²) in [5.41, 5.74) is 0.403. The van der Waals surface area contributed by atoms with Crippen LogP contribution in [-0.4, -0.2) is 11.9 Å². The number of rotatable bonds is 3. The molecule has 0 aliphatic heterocycles. The van der Waals surface area contributed by atoms with Gasteiger partial charge in [-0.25, -0.2) is 0 Å². The van der Waals surface area contributed by atoms with Gasteiger partial charge in [-0.3, -0.25) is 0 Å². The van der Waals surface area contributed by atoms with Gasteiger partial charge in [0.05, 0.1) is 0 Å². The van der Waals surface area contributed by atoms with Gasteiger partial charge in [-0.2, -0.15) is 0 Å². The van der Waals surface area contributed by atoms with Gasteiger partial charge in [0.1, 0.15) is 0 Å². The first-order chi connectivity index (χ1) is 3.72. The molecule has 0 saturated carbocycles. The van der Waals surface area contributed by atoms with Crippen molar-refractivity contribution in [1.82, 2.24) is 0 Å². The molecule has 0 radical (unpaired) electrons. The number of nitrogens with one attached hydrogen (secondary N) is 2. The van der Waals surface area contributed by atoms with E-state index in [4.69, 9.17) is 10.8 Å². The van der Waals surface area contributed by atoms with Crippen LogP contribution in [0.1, 0.15) is 6.92 Å². The molecule has 2 nitrogen and oxygen atoms in total. The summed E-state index contributed by atoms with van der Waals surface area (Å²) >= 11 is 0. The molecule has 0 saturated heterocycles. The Morgan fingerprint density at radius 3 is 2.38 bits per heavy atom. The Morgan fingerprint density at radius 2 is 2.25 bits per heavy atom. The molecule has 1 atom stereocenters. The maximum absolute atomic E-state index is 7.07. The standard InChI is InChI=1S/C6H10N2/c1-3-6(8)5(2)4-7/h3-5,7-8H,1H2,2H3. The predicted octanol–water partition coefficient (Wildman–Crippen LogP) is 1.48. The summed E-state index contributed by atoms with van der Waals surface area (Å²) in [6.45, 7) is 5.19. The van der Waals surface area contributed by atoms with Gasteiger partial charge in [0, 0.05) is 17.8 Å². The quantitative estimate of drug-likeness (QED) is 0.517. The minimum atomic E-state index is -0.0764. The number of hydrogen-bond donors (Lipinski definition) is 2. The van der Waals surface area contributed by atoms with Crippen molar-refractivity contribution in [2.24, 2.45) is 5.92 Å². The molecule has 0 fully saturated rings. The van der Waals surface area contributed by atoms with Gasteiger partial charge in [0.25, 0.3) is 0 Å². The van der Waals surface area contributed by atoms with Crippen molar-refractivity contribution in [3.05, 3.63) is 12.7 Å². The molecule has 0 rings (SSSR count). The van der Waals surface area contributed by atoms with Gasteiger partial charge < -0.3 is 10.8 Å². The SMILES string of the molecule is C=CC(=N)C(C)C=N. The molecular formula is C6H10N2. The van der Waals surface area contributed by atoms with E-state index in [1.807, 2.05) is 0 Å². The lowest BCUT2D eigenvalue weighted by atomic mass is 10.1. The lowest BCUT2D eigenvalue weighted by Gasteiger charge is -1.98. The van der Waals surface area contributed by atoms with Crippen LogP contribution in [0.5, 0.6) is 0 Å². The van der Waals surface area contributed by atoms with Crippen molar-refractivity contribution in [3.63, 3.8) is 0 Å². The topological polar surface area (TPSA) is 47.7 Å². The normalized spacial score (nSPS) is 12.1. The molecule has 0 aliphatic carbocycles. The molecule has 44 valence electrons. The highest BCUT2D eigenvalue weighted by Gasteiger charge is 1.97. The zero-order valence-electron chi connectivity index (χ0n) is 4.94. The highest BCUT2D eigenvalue weighted by Crippen LogP contribution is 1.91. The molecule has 2 N–H and O–H groups in total. The van der Waals surface area contributed by atoms with Crippen LogP contribution in [0.25, 0.3) is 0 Å². The number of hydrogen-bond acceptors (Lipinski definition) is 2. The molecule has 0 aromatic heterocycles. The van der Waals surface area contributed by atoms with Gasteiger partial charge in [-0.05, 0) is 6.08 Å². The minimum absolute atomic E-state index is 0.0764. The molecule has 0 spiro atoms. The van der Waals surface area contributed by atoms with Gasteiger partial charge in [0.15, 0.2) is 0 Å². The first-order valence-corrected chi connectivity index (χ1v) is 2.43. The van der Waals surface area contributed by atoms with E-state index in [1.165, 1.54) is 12.3 Å². The van der Waals surface area contributed by atoms with Gasteiger partial charge in [-0.15, -0.1) is 0 Å². The third kappa shape index (κ3) is 1.69. The zero-order chi connectivity index (χ0) is 6.57. The van der Waals surface area contributed by atoms with E-state index >= 15 is 0 Å². The van der Waals surface area contributed by atoms with E-state index in [-0.39, 0.29) is 5.92 Å². The molecular weight excluding hydrogens is 100 g/mol. The number of allylic oxidation sites excluding steroid dienone is 1. The molecule has 1 unspecified atom stereocenters. The van der Waals surface area contributed by atoms with Crippen molar-refractivity contribution in [1.29, 1.82) is 10.8 Å². The van der Waals surface area contributed by atoms with E-state index in [0.717, 1.165) is 0 Å². The summed E-state index contributed by atoms with van der Waals surface area (Å²) in [6, 6.07) is 0. The van der Waals surface area contributed by atoms with Crippen LogP contribution in [0.3, 0.4) is 0 Å². The first kappa shape index (κ1) is 7.08. The third-order valence-corrected chi connectivity index (χ3v) is 0.960. The summed E-state index contributed by atoms with van der Waals surface area (Å²) in [6.07, 6.45) is 2.68. The van der Waals surface area contributed by atoms with Crippen molar-refractivity contribution in [3.8, 4) is 0 Å². The maximum Gasteiger partial charge on any atom is 0.0389 e. The second-order valence-electron chi connectivity index (χ2n) is 1.61. The van der Waals surface area contributed by atoms with Gasteiger partial charge >= 0.3 is 0 Å². The summed E-state index contributed by atoms with van der Waals surface area (Å²) in [5.74, 6) is -0.0764. The van der Waals surface area contributed by atoms with E-state index in [2.05, 4.69) is 6.58 Å². The Morgan fingerprint density at radius 1 is 1.75 bits per heavy atom. The Kier molecular flexibility index (Phi) is 2.77. The summed E-state index contributed by atoms with van der Waals surface area (Å²) in [7, 11) is 0. The van der Waals surface area contributed by atoms with Crippen LogP contribution in [-0.2, 0) is 0 Å². The van der Waals surface area contributed by atoms with Crippen LogP contribution >= 0.6 is 0 Å². The summed E-state index contributed by atoms with van der Waals surface area (Å²) < 4.78 is 0. The van der Waals surface area contributed by atoms with Crippen LogP contribution in [0.4, 0.5) is 0 Å². The van der Waals surface area contributed by atoms with E-state index in [1.54, 1.807) is 6.92 Å².